The quantitative estimate of drug-likeness (QED) is 0.732. The van der Waals surface area contributed by atoms with Crippen LogP contribution in [-0.2, 0) is 0 Å². The fourth-order valence-electron chi connectivity index (χ4n) is 2.72. The molecule has 21 heavy (non-hydrogen) atoms. The van der Waals surface area contributed by atoms with Gasteiger partial charge in [-0.3, -0.25) is 4.79 Å². The maximum absolute atomic E-state index is 12.6. The molecule has 1 unspecified atom stereocenters. The highest BCUT2D eigenvalue weighted by molar-refractivity contribution is 6.39. The summed E-state index contributed by atoms with van der Waals surface area (Å²) >= 11 is 12.2. The molecule has 0 aliphatic carbocycles. The van der Waals surface area contributed by atoms with Crippen molar-refractivity contribution in [2.24, 2.45) is 0 Å². The molecule has 4 heteroatoms. The number of hydrogen-bond acceptors (Lipinski definition) is 2. The van der Waals surface area contributed by atoms with Crippen LogP contribution < -0.4 is 4.74 Å². The Morgan fingerprint density at radius 1 is 1.10 bits per heavy atom. The third-order valence-corrected chi connectivity index (χ3v) is 4.39. The number of hydrogen-bond donors (Lipinski definition) is 0. The van der Waals surface area contributed by atoms with E-state index < -0.39 is 0 Å². The van der Waals surface area contributed by atoms with E-state index in [1.54, 1.807) is 18.2 Å². The molecular formula is C17H14Cl2O2. The van der Waals surface area contributed by atoms with Gasteiger partial charge in [-0.2, -0.15) is 0 Å². The molecule has 1 heterocycles. The summed E-state index contributed by atoms with van der Waals surface area (Å²) in [6.45, 7) is 0.630. The van der Waals surface area contributed by atoms with Crippen molar-refractivity contribution in [3.8, 4) is 5.75 Å². The fourth-order valence-corrected chi connectivity index (χ4v) is 3.33. The van der Waals surface area contributed by atoms with Gasteiger partial charge in [-0.1, -0.05) is 47.5 Å². The van der Waals surface area contributed by atoms with Crippen LogP contribution in [0.25, 0.3) is 0 Å². The van der Waals surface area contributed by atoms with Crippen LogP contribution in [0.5, 0.6) is 5.75 Å². The Morgan fingerprint density at radius 2 is 1.81 bits per heavy atom. The van der Waals surface area contributed by atoms with Gasteiger partial charge in [-0.25, -0.2) is 0 Å². The maximum Gasteiger partial charge on any atom is 0.166 e. The van der Waals surface area contributed by atoms with E-state index in [4.69, 9.17) is 27.9 Å². The van der Waals surface area contributed by atoms with E-state index in [1.807, 2.05) is 24.3 Å². The average molecular weight is 321 g/mol. The third kappa shape index (κ3) is 2.92. The van der Waals surface area contributed by atoms with Gasteiger partial charge in [-0.05, 0) is 36.1 Å². The van der Waals surface area contributed by atoms with E-state index >= 15 is 0 Å². The first-order valence-electron chi connectivity index (χ1n) is 6.85. The zero-order valence-electron chi connectivity index (χ0n) is 11.3. The van der Waals surface area contributed by atoms with Gasteiger partial charge in [0.15, 0.2) is 5.78 Å². The molecule has 0 spiro atoms. The van der Waals surface area contributed by atoms with Crippen LogP contribution in [0.3, 0.4) is 0 Å². The van der Waals surface area contributed by atoms with Crippen LogP contribution in [0.15, 0.2) is 42.5 Å². The topological polar surface area (TPSA) is 26.3 Å². The number of Topliss-reactive ketones (excluding diaryl/α,β-unsaturated/α-hetero) is 1. The zero-order valence-corrected chi connectivity index (χ0v) is 12.8. The second kappa shape index (κ2) is 6.08. The summed E-state index contributed by atoms with van der Waals surface area (Å²) in [6.07, 6.45) is 1.22. The lowest BCUT2D eigenvalue weighted by Gasteiger charge is -2.25. The van der Waals surface area contributed by atoms with Crippen molar-refractivity contribution < 1.29 is 9.53 Å². The van der Waals surface area contributed by atoms with Crippen molar-refractivity contribution in [2.45, 2.75) is 18.8 Å². The number of carbonyl (C=O) groups is 1. The van der Waals surface area contributed by atoms with Crippen molar-refractivity contribution in [1.82, 2.24) is 0 Å². The number of ether oxygens (including phenoxy) is 1. The Hall–Kier alpha value is -1.51. The maximum atomic E-state index is 12.6. The minimum atomic E-state index is -0.0210. The van der Waals surface area contributed by atoms with Crippen molar-refractivity contribution in [3.05, 3.63) is 63.6 Å². The molecule has 2 nitrogen and oxygen atoms in total. The third-order valence-electron chi connectivity index (χ3n) is 3.76. The first-order valence-corrected chi connectivity index (χ1v) is 7.61. The van der Waals surface area contributed by atoms with Gasteiger partial charge in [0.1, 0.15) is 5.75 Å². The molecule has 0 saturated heterocycles. The predicted molar refractivity (Wildman–Crippen MR) is 84.7 cm³/mol. The minimum absolute atomic E-state index is 0.0210. The molecule has 2 aromatic rings. The van der Waals surface area contributed by atoms with Crippen LogP contribution in [0, 0.1) is 0 Å². The predicted octanol–water partition coefficient (Wildman–Crippen LogP) is 5.13. The van der Waals surface area contributed by atoms with Crippen molar-refractivity contribution in [1.29, 1.82) is 0 Å². The normalized spacial score (nSPS) is 17.0. The lowest BCUT2D eigenvalue weighted by molar-refractivity contribution is 0.0966. The van der Waals surface area contributed by atoms with Crippen LogP contribution >= 0.6 is 23.2 Å². The van der Waals surface area contributed by atoms with Gasteiger partial charge in [0.05, 0.1) is 22.2 Å². The van der Waals surface area contributed by atoms with Crippen molar-refractivity contribution in [3.63, 3.8) is 0 Å². The van der Waals surface area contributed by atoms with Crippen LogP contribution in [0.4, 0.5) is 0 Å². The molecule has 2 aromatic carbocycles. The summed E-state index contributed by atoms with van der Waals surface area (Å²) in [6, 6.07) is 13.0. The van der Waals surface area contributed by atoms with Crippen LogP contribution in [0.2, 0.25) is 10.0 Å². The summed E-state index contributed by atoms with van der Waals surface area (Å²) in [5.41, 5.74) is 1.50. The molecule has 0 amide bonds. The molecule has 0 bridgehead atoms. The van der Waals surface area contributed by atoms with Gasteiger partial charge >= 0.3 is 0 Å². The standard InChI is InChI=1S/C17H14Cl2O2/c18-13-5-3-6-14(19)17(13)15(20)10-11-8-9-21-16-7-2-1-4-12(11)16/h1-7,11H,8-10H2. The van der Waals surface area contributed by atoms with Gasteiger partial charge in [0.2, 0.25) is 0 Å². The molecule has 108 valence electrons. The molecule has 3 rings (SSSR count). The number of benzene rings is 2. The van der Waals surface area contributed by atoms with E-state index in [-0.39, 0.29) is 11.7 Å². The Labute approximate surface area is 133 Å². The number of halogens is 2. The highest BCUT2D eigenvalue weighted by Crippen LogP contribution is 2.37. The minimum Gasteiger partial charge on any atom is -0.493 e. The van der Waals surface area contributed by atoms with Gasteiger partial charge < -0.3 is 4.74 Å². The fraction of sp³-hybridized carbons (Fsp3) is 0.235. The summed E-state index contributed by atoms with van der Waals surface area (Å²) in [4.78, 5) is 12.6. The van der Waals surface area contributed by atoms with E-state index in [1.165, 1.54) is 0 Å². The SMILES string of the molecule is O=C(CC1CCOc2ccccc21)c1c(Cl)cccc1Cl. The Kier molecular flexibility index (Phi) is 4.18. The van der Waals surface area contributed by atoms with Gasteiger partial charge in [0.25, 0.3) is 0 Å². The molecule has 0 aromatic heterocycles. The lowest BCUT2D eigenvalue weighted by Crippen LogP contribution is -2.17. The monoisotopic (exact) mass is 320 g/mol. The smallest absolute Gasteiger partial charge is 0.166 e. The van der Waals surface area contributed by atoms with Crippen molar-refractivity contribution >= 4 is 29.0 Å². The van der Waals surface area contributed by atoms with E-state index in [0.29, 0.717) is 28.6 Å². The highest BCUT2D eigenvalue weighted by Gasteiger charge is 2.25. The number of para-hydroxylation sites is 1. The molecule has 0 N–H and O–H groups in total. The Balaban J connectivity index is 1.86. The summed E-state index contributed by atoms with van der Waals surface area (Å²) in [5.74, 6) is 0.994. The number of ketones is 1. The van der Waals surface area contributed by atoms with Gasteiger partial charge in [0, 0.05) is 6.42 Å². The Morgan fingerprint density at radius 3 is 2.57 bits per heavy atom. The van der Waals surface area contributed by atoms with E-state index in [0.717, 1.165) is 17.7 Å². The molecule has 1 atom stereocenters. The van der Waals surface area contributed by atoms with Gasteiger partial charge in [-0.15, -0.1) is 0 Å². The molecule has 0 saturated carbocycles. The van der Waals surface area contributed by atoms with Crippen LogP contribution in [0.1, 0.15) is 34.7 Å². The average Bonchev–Trinajstić information content (AvgIpc) is 2.47. The van der Waals surface area contributed by atoms with Crippen molar-refractivity contribution in [2.75, 3.05) is 6.61 Å². The molecule has 1 aliphatic rings. The first kappa shape index (κ1) is 14.4. The second-order valence-corrected chi connectivity index (χ2v) is 5.91. The molecule has 1 aliphatic heterocycles. The molecular weight excluding hydrogens is 307 g/mol. The number of carbonyl (C=O) groups excluding carboxylic acids is 1. The lowest BCUT2D eigenvalue weighted by atomic mass is 9.87. The highest BCUT2D eigenvalue weighted by atomic mass is 35.5. The summed E-state index contributed by atoms with van der Waals surface area (Å²) in [5, 5.41) is 0.820. The summed E-state index contributed by atoms with van der Waals surface area (Å²) < 4.78 is 5.62. The molecule has 0 fully saturated rings. The molecule has 0 radical (unpaired) electrons. The largest absolute Gasteiger partial charge is 0.493 e. The second-order valence-electron chi connectivity index (χ2n) is 5.10. The Bertz CT molecular complexity index is 662. The van der Waals surface area contributed by atoms with E-state index in [2.05, 4.69) is 0 Å². The number of rotatable bonds is 3. The van der Waals surface area contributed by atoms with E-state index in [9.17, 15) is 4.79 Å². The first-order chi connectivity index (χ1) is 10.2. The summed E-state index contributed by atoms with van der Waals surface area (Å²) in [7, 11) is 0. The zero-order chi connectivity index (χ0) is 14.8. The van der Waals surface area contributed by atoms with Crippen LogP contribution in [-0.4, -0.2) is 12.4 Å². The number of fused-ring (bicyclic) bond motifs is 1.